The second-order valence-electron chi connectivity index (χ2n) is 4.92. The molecule has 0 bridgehead atoms. The number of rotatable bonds is 5. The number of nitrogens with zero attached hydrogens (tertiary/aromatic N) is 1. The first-order valence-corrected chi connectivity index (χ1v) is 6.87. The zero-order valence-corrected chi connectivity index (χ0v) is 11.9. The minimum Gasteiger partial charge on any atom is -0.497 e. The first kappa shape index (κ1) is 14.4. The highest BCUT2D eigenvalue weighted by Gasteiger charge is 2.31. The number of nitrogens with one attached hydrogen (secondary N) is 1. The van der Waals surface area contributed by atoms with Crippen molar-refractivity contribution in [3.63, 3.8) is 0 Å². The number of carbonyl (C=O) groups is 2. The van der Waals surface area contributed by atoms with Gasteiger partial charge >= 0.3 is 0 Å². The highest BCUT2D eigenvalue weighted by molar-refractivity contribution is 5.96. The smallest absolute Gasteiger partial charge is 0.229 e. The summed E-state index contributed by atoms with van der Waals surface area (Å²) < 4.78 is 5.10. The van der Waals surface area contributed by atoms with Gasteiger partial charge < -0.3 is 15.0 Å². The number of amides is 2. The van der Waals surface area contributed by atoms with Crippen LogP contribution < -0.4 is 15.0 Å². The maximum Gasteiger partial charge on any atom is 0.229 e. The molecule has 5 heteroatoms. The van der Waals surface area contributed by atoms with Crippen LogP contribution in [0.1, 0.15) is 26.2 Å². The molecule has 1 heterocycles. The predicted octanol–water partition coefficient (Wildman–Crippen LogP) is 1.72. The van der Waals surface area contributed by atoms with Crippen molar-refractivity contribution in [2.24, 2.45) is 0 Å². The minimum absolute atomic E-state index is 0.0156. The molecule has 108 valence electrons. The second-order valence-corrected chi connectivity index (χ2v) is 4.92. The molecule has 0 spiro atoms. The molecule has 2 rings (SSSR count). The molecular formula is C15H20N2O3. The fraction of sp³-hybridized carbons (Fsp3) is 0.467. The van der Waals surface area contributed by atoms with Gasteiger partial charge in [-0.25, -0.2) is 0 Å². The Morgan fingerprint density at radius 3 is 2.70 bits per heavy atom. The van der Waals surface area contributed by atoms with Crippen LogP contribution in [0.2, 0.25) is 0 Å². The highest BCUT2D eigenvalue weighted by Crippen LogP contribution is 2.24. The Hall–Kier alpha value is -2.04. The molecule has 2 amide bonds. The summed E-state index contributed by atoms with van der Waals surface area (Å²) >= 11 is 0. The normalized spacial score (nSPS) is 18.2. The molecule has 0 radical (unpaired) electrons. The maximum atomic E-state index is 12.0. The molecule has 0 aliphatic carbocycles. The molecule has 20 heavy (non-hydrogen) atoms. The Morgan fingerprint density at radius 2 is 2.10 bits per heavy atom. The molecule has 1 atom stereocenters. The van der Waals surface area contributed by atoms with E-state index in [1.54, 1.807) is 12.0 Å². The summed E-state index contributed by atoms with van der Waals surface area (Å²) in [5.74, 6) is 0.812. The van der Waals surface area contributed by atoms with Crippen LogP contribution in [-0.4, -0.2) is 31.5 Å². The van der Waals surface area contributed by atoms with Crippen LogP contribution in [0.3, 0.4) is 0 Å². The van der Waals surface area contributed by atoms with Gasteiger partial charge in [0, 0.05) is 25.1 Å². The molecule has 0 saturated carbocycles. The third-order valence-electron chi connectivity index (χ3n) is 3.35. The number of carbonyl (C=O) groups excluding carboxylic acids is 2. The summed E-state index contributed by atoms with van der Waals surface area (Å²) in [6.45, 7) is 2.49. The second kappa shape index (κ2) is 6.41. The van der Waals surface area contributed by atoms with Crippen molar-refractivity contribution in [3.8, 4) is 5.75 Å². The minimum atomic E-state index is -0.0938. The van der Waals surface area contributed by atoms with Crippen molar-refractivity contribution in [2.75, 3.05) is 18.6 Å². The first-order valence-electron chi connectivity index (χ1n) is 6.87. The molecule has 5 nitrogen and oxygen atoms in total. The van der Waals surface area contributed by atoms with Gasteiger partial charge in [-0.2, -0.15) is 0 Å². The van der Waals surface area contributed by atoms with Crippen LogP contribution in [0.5, 0.6) is 5.75 Å². The third kappa shape index (κ3) is 3.29. The van der Waals surface area contributed by atoms with Crippen LogP contribution >= 0.6 is 0 Å². The topological polar surface area (TPSA) is 58.6 Å². The fourth-order valence-corrected chi connectivity index (χ4v) is 2.34. The number of ether oxygens (including phenoxy) is 1. The Bertz CT molecular complexity index is 484. The zero-order chi connectivity index (χ0) is 14.5. The molecule has 1 aromatic carbocycles. The van der Waals surface area contributed by atoms with Gasteiger partial charge in [0.15, 0.2) is 0 Å². The summed E-state index contributed by atoms with van der Waals surface area (Å²) in [7, 11) is 1.61. The first-order chi connectivity index (χ1) is 9.63. The monoisotopic (exact) mass is 276 g/mol. The Balaban J connectivity index is 1.99. The quantitative estimate of drug-likeness (QED) is 0.890. The molecule has 1 fully saturated rings. The SMILES string of the molecule is CCCC(=O)NC1CC(=O)N(c2ccc(OC)cc2)C1. The van der Waals surface area contributed by atoms with Gasteiger partial charge in [-0.3, -0.25) is 9.59 Å². The van der Waals surface area contributed by atoms with Crippen molar-refractivity contribution < 1.29 is 14.3 Å². The number of methoxy groups -OCH3 is 1. The Kier molecular flexibility index (Phi) is 4.61. The highest BCUT2D eigenvalue weighted by atomic mass is 16.5. The van der Waals surface area contributed by atoms with Crippen molar-refractivity contribution in [3.05, 3.63) is 24.3 Å². The van der Waals surface area contributed by atoms with Crippen molar-refractivity contribution in [1.29, 1.82) is 0 Å². The van der Waals surface area contributed by atoms with E-state index in [2.05, 4.69) is 5.32 Å². The molecule has 1 aliphatic rings. The van der Waals surface area contributed by atoms with E-state index in [-0.39, 0.29) is 17.9 Å². The largest absolute Gasteiger partial charge is 0.497 e. The van der Waals surface area contributed by atoms with E-state index in [4.69, 9.17) is 4.74 Å². The molecule has 1 aromatic rings. The molecular weight excluding hydrogens is 256 g/mol. The lowest BCUT2D eigenvalue weighted by Crippen LogP contribution is -2.36. The van der Waals surface area contributed by atoms with Gasteiger partial charge in [0.25, 0.3) is 0 Å². The van der Waals surface area contributed by atoms with Crippen molar-refractivity contribution in [2.45, 2.75) is 32.2 Å². The van der Waals surface area contributed by atoms with E-state index in [1.807, 2.05) is 31.2 Å². The number of benzene rings is 1. The van der Waals surface area contributed by atoms with Crippen LogP contribution in [0.15, 0.2) is 24.3 Å². The lowest BCUT2D eigenvalue weighted by atomic mass is 10.2. The molecule has 1 unspecified atom stereocenters. The summed E-state index contributed by atoms with van der Waals surface area (Å²) in [6.07, 6.45) is 1.68. The fourth-order valence-electron chi connectivity index (χ4n) is 2.34. The molecule has 0 aromatic heterocycles. The van der Waals surface area contributed by atoms with Crippen LogP contribution in [0, 0.1) is 0 Å². The predicted molar refractivity (Wildman–Crippen MR) is 76.8 cm³/mol. The van der Waals surface area contributed by atoms with Crippen molar-refractivity contribution >= 4 is 17.5 Å². The van der Waals surface area contributed by atoms with Gasteiger partial charge in [0.2, 0.25) is 11.8 Å². The Morgan fingerprint density at radius 1 is 1.40 bits per heavy atom. The lowest BCUT2D eigenvalue weighted by molar-refractivity contribution is -0.121. The van der Waals surface area contributed by atoms with E-state index < -0.39 is 0 Å². The average Bonchev–Trinajstić information content (AvgIpc) is 2.80. The summed E-state index contributed by atoms with van der Waals surface area (Å²) in [5.41, 5.74) is 0.836. The average molecular weight is 276 g/mol. The van der Waals surface area contributed by atoms with E-state index in [1.165, 1.54) is 0 Å². The molecule has 1 saturated heterocycles. The number of hydrogen-bond acceptors (Lipinski definition) is 3. The van der Waals surface area contributed by atoms with Gasteiger partial charge in [0.05, 0.1) is 13.2 Å². The summed E-state index contributed by atoms with van der Waals surface area (Å²) in [4.78, 5) is 25.3. The standard InChI is InChI=1S/C15H20N2O3/c1-3-4-14(18)16-11-9-15(19)17(10-11)12-5-7-13(20-2)8-6-12/h5-8,11H,3-4,9-10H2,1-2H3,(H,16,18). The van der Waals surface area contributed by atoms with Gasteiger partial charge in [-0.1, -0.05) is 6.92 Å². The summed E-state index contributed by atoms with van der Waals surface area (Å²) in [5, 5.41) is 2.91. The van der Waals surface area contributed by atoms with Gasteiger partial charge in [-0.05, 0) is 30.7 Å². The third-order valence-corrected chi connectivity index (χ3v) is 3.35. The van der Waals surface area contributed by atoms with E-state index in [0.717, 1.165) is 17.9 Å². The van der Waals surface area contributed by atoms with E-state index in [0.29, 0.717) is 19.4 Å². The van der Waals surface area contributed by atoms with E-state index in [9.17, 15) is 9.59 Å². The Labute approximate surface area is 118 Å². The van der Waals surface area contributed by atoms with E-state index >= 15 is 0 Å². The van der Waals surface area contributed by atoms with Crippen LogP contribution in [0.25, 0.3) is 0 Å². The maximum absolute atomic E-state index is 12.0. The number of hydrogen-bond donors (Lipinski definition) is 1. The molecule has 1 aliphatic heterocycles. The lowest BCUT2D eigenvalue weighted by Gasteiger charge is -2.17. The van der Waals surface area contributed by atoms with Gasteiger partial charge in [-0.15, -0.1) is 0 Å². The van der Waals surface area contributed by atoms with Gasteiger partial charge in [0.1, 0.15) is 5.75 Å². The molecule has 1 N–H and O–H groups in total. The zero-order valence-electron chi connectivity index (χ0n) is 11.9. The summed E-state index contributed by atoms with van der Waals surface area (Å²) in [6, 6.07) is 7.26. The van der Waals surface area contributed by atoms with Crippen LogP contribution in [0.4, 0.5) is 5.69 Å². The van der Waals surface area contributed by atoms with Crippen LogP contribution in [-0.2, 0) is 9.59 Å². The number of anilines is 1. The van der Waals surface area contributed by atoms with Crippen molar-refractivity contribution in [1.82, 2.24) is 5.32 Å².